The number of rotatable bonds is 4. The van der Waals surface area contributed by atoms with Gasteiger partial charge in [0.2, 0.25) is 11.8 Å². The van der Waals surface area contributed by atoms with Crippen molar-refractivity contribution in [3.8, 4) is 0 Å². The molecular formula is C22H18FN3O2. The summed E-state index contributed by atoms with van der Waals surface area (Å²) in [5.74, 6) is -1.03. The number of halogens is 1. The van der Waals surface area contributed by atoms with E-state index in [0.717, 1.165) is 16.5 Å². The summed E-state index contributed by atoms with van der Waals surface area (Å²) in [6, 6.07) is 17.3. The van der Waals surface area contributed by atoms with Gasteiger partial charge in [-0.15, -0.1) is 0 Å². The van der Waals surface area contributed by atoms with Crippen LogP contribution in [-0.2, 0) is 11.3 Å². The topological polar surface area (TPSA) is 77.1 Å². The van der Waals surface area contributed by atoms with Crippen molar-refractivity contribution in [2.24, 2.45) is 5.73 Å². The Morgan fingerprint density at radius 1 is 1.04 bits per heavy atom. The molecule has 140 valence electrons. The Kier molecular flexibility index (Phi) is 4.31. The highest BCUT2D eigenvalue weighted by Crippen LogP contribution is 2.33. The molecule has 4 aromatic rings. The van der Waals surface area contributed by atoms with E-state index in [-0.39, 0.29) is 11.7 Å². The Hall–Kier alpha value is -3.67. The van der Waals surface area contributed by atoms with E-state index in [2.05, 4.69) is 5.32 Å². The Balaban J connectivity index is 1.93. The number of anilines is 1. The van der Waals surface area contributed by atoms with E-state index < -0.39 is 5.91 Å². The van der Waals surface area contributed by atoms with Crippen molar-refractivity contribution in [1.82, 2.24) is 4.57 Å². The lowest BCUT2D eigenvalue weighted by Crippen LogP contribution is -2.11. The molecule has 0 aliphatic heterocycles. The summed E-state index contributed by atoms with van der Waals surface area (Å²) in [6.45, 7) is 1.90. The van der Waals surface area contributed by atoms with Crippen molar-refractivity contribution in [2.75, 3.05) is 5.32 Å². The molecule has 28 heavy (non-hydrogen) atoms. The first-order chi connectivity index (χ1) is 13.4. The van der Waals surface area contributed by atoms with Gasteiger partial charge in [-0.25, -0.2) is 4.39 Å². The van der Waals surface area contributed by atoms with Crippen LogP contribution < -0.4 is 11.1 Å². The number of hydrogen-bond donors (Lipinski definition) is 2. The largest absolute Gasteiger partial charge is 0.366 e. The van der Waals surface area contributed by atoms with Gasteiger partial charge in [-0.3, -0.25) is 9.59 Å². The number of nitrogens with zero attached hydrogens (tertiary/aromatic N) is 1. The Labute approximate surface area is 160 Å². The highest BCUT2D eigenvalue weighted by Gasteiger charge is 2.17. The maximum atomic E-state index is 14.0. The molecule has 1 aromatic heterocycles. The predicted octanol–water partition coefficient (Wildman–Crippen LogP) is 4.04. The molecule has 0 aliphatic carbocycles. The second-order valence-electron chi connectivity index (χ2n) is 6.69. The van der Waals surface area contributed by atoms with E-state index in [9.17, 15) is 14.0 Å². The average Bonchev–Trinajstić information content (AvgIpc) is 2.94. The SMILES string of the molecule is CC(=O)Nc1cccc(Cn2c3cc(F)ccc3c3c(C(N)=O)cccc32)c1. The summed E-state index contributed by atoms with van der Waals surface area (Å²) in [4.78, 5) is 23.3. The molecule has 0 unspecified atom stereocenters. The number of amides is 2. The quantitative estimate of drug-likeness (QED) is 0.565. The normalized spacial score (nSPS) is 11.1. The highest BCUT2D eigenvalue weighted by atomic mass is 19.1. The number of carbonyl (C=O) groups is 2. The summed E-state index contributed by atoms with van der Waals surface area (Å²) >= 11 is 0. The summed E-state index contributed by atoms with van der Waals surface area (Å²) in [7, 11) is 0. The van der Waals surface area contributed by atoms with Crippen LogP contribution >= 0.6 is 0 Å². The number of nitrogens with two attached hydrogens (primary N) is 1. The van der Waals surface area contributed by atoms with Crippen LogP contribution in [0.1, 0.15) is 22.8 Å². The van der Waals surface area contributed by atoms with Crippen LogP contribution in [0.5, 0.6) is 0 Å². The number of benzene rings is 3. The second kappa shape index (κ2) is 6.81. The van der Waals surface area contributed by atoms with Crippen LogP contribution in [-0.4, -0.2) is 16.4 Å². The predicted molar refractivity (Wildman–Crippen MR) is 108 cm³/mol. The molecular weight excluding hydrogens is 357 g/mol. The van der Waals surface area contributed by atoms with Gasteiger partial charge in [0, 0.05) is 35.5 Å². The molecule has 4 rings (SSSR count). The van der Waals surface area contributed by atoms with Gasteiger partial charge in [-0.2, -0.15) is 0 Å². The van der Waals surface area contributed by atoms with Crippen molar-refractivity contribution >= 4 is 39.3 Å². The summed E-state index contributed by atoms with van der Waals surface area (Å²) < 4.78 is 15.9. The van der Waals surface area contributed by atoms with E-state index in [1.54, 1.807) is 18.2 Å². The van der Waals surface area contributed by atoms with Gasteiger partial charge in [0.1, 0.15) is 5.82 Å². The van der Waals surface area contributed by atoms with Gasteiger partial charge >= 0.3 is 0 Å². The zero-order valence-corrected chi connectivity index (χ0v) is 15.2. The molecule has 0 fully saturated rings. The van der Waals surface area contributed by atoms with Crippen molar-refractivity contribution < 1.29 is 14.0 Å². The van der Waals surface area contributed by atoms with E-state index in [0.29, 0.717) is 28.7 Å². The fourth-order valence-corrected chi connectivity index (χ4v) is 3.63. The molecule has 0 radical (unpaired) electrons. The molecule has 1 heterocycles. The van der Waals surface area contributed by atoms with E-state index in [1.807, 2.05) is 34.9 Å². The van der Waals surface area contributed by atoms with Crippen molar-refractivity contribution in [3.63, 3.8) is 0 Å². The molecule has 3 aromatic carbocycles. The van der Waals surface area contributed by atoms with E-state index in [4.69, 9.17) is 5.73 Å². The van der Waals surface area contributed by atoms with Crippen LogP contribution in [0.15, 0.2) is 60.7 Å². The maximum Gasteiger partial charge on any atom is 0.249 e. The fourth-order valence-electron chi connectivity index (χ4n) is 3.63. The molecule has 0 aliphatic rings. The first-order valence-electron chi connectivity index (χ1n) is 8.81. The van der Waals surface area contributed by atoms with Gasteiger partial charge in [-0.05, 0) is 48.0 Å². The number of carbonyl (C=O) groups excluding carboxylic acids is 2. The lowest BCUT2D eigenvalue weighted by Gasteiger charge is -2.10. The molecule has 0 saturated carbocycles. The molecule has 3 N–H and O–H groups in total. The van der Waals surface area contributed by atoms with Crippen LogP contribution in [0.2, 0.25) is 0 Å². The third-order valence-corrected chi connectivity index (χ3v) is 4.71. The van der Waals surface area contributed by atoms with Crippen molar-refractivity contribution in [3.05, 3.63) is 77.6 Å². The van der Waals surface area contributed by atoms with Crippen molar-refractivity contribution in [2.45, 2.75) is 13.5 Å². The molecule has 0 saturated heterocycles. The van der Waals surface area contributed by atoms with Gasteiger partial charge in [-0.1, -0.05) is 18.2 Å². The Morgan fingerprint density at radius 3 is 2.57 bits per heavy atom. The van der Waals surface area contributed by atoms with Gasteiger partial charge in [0.05, 0.1) is 11.0 Å². The summed E-state index contributed by atoms with van der Waals surface area (Å²) in [6.07, 6.45) is 0. The fraction of sp³-hybridized carbons (Fsp3) is 0.0909. The molecule has 6 heteroatoms. The lowest BCUT2D eigenvalue weighted by atomic mass is 10.1. The minimum absolute atomic E-state index is 0.151. The molecule has 0 bridgehead atoms. The monoisotopic (exact) mass is 375 g/mol. The Bertz CT molecular complexity index is 1240. The zero-order chi connectivity index (χ0) is 19.8. The third kappa shape index (κ3) is 3.09. The third-order valence-electron chi connectivity index (χ3n) is 4.71. The van der Waals surface area contributed by atoms with Crippen LogP contribution in [0.3, 0.4) is 0 Å². The number of hydrogen-bond acceptors (Lipinski definition) is 2. The van der Waals surface area contributed by atoms with Gasteiger partial charge in [0.25, 0.3) is 0 Å². The molecule has 2 amide bonds. The summed E-state index contributed by atoms with van der Waals surface area (Å²) in [5, 5.41) is 4.24. The minimum atomic E-state index is -0.526. The number of fused-ring (bicyclic) bond motifs is 3. The van der Waals surface area contributed by atoms with Gasteiger partial charge in [0.15, 0.2) is 0 Å². The average molecular weight is 375 g/mol. The zero-order valence-electron chi connectivity index (χ0n) is 15.2. The Morgan fingerprint density at radius 2 is 1.82 bits per heavy atom. The van der Waals surface area contributed by atoms with Crippen LogP contribution in [0.25, 0.3) is 21.8 Å². The molecule has 0 spiro atoms. The number of primary amides is 1. The second-order valence-corrected chi connectivity index (χ2v) is 6.69. The van der Waals surface area contributed by atoms with E-state index >= 15 is 0 Å². The summed E-state index contributed by atoms with van der Waals surface area (Å²) in [5.41, 5.74) is 9.06. The number of aromatic nitrogens is 1. The number of nitrogens with one attached hydrogen (secondary N) is 1. The smallest absolute Gasteiger partial charge is 0.249 e. The first kappa shape index (κ1) is 17.7. The standard InChI is InChI=1S/C22H18FN3O2/c1-13(27)25-16-5-2-4-14(10-16)12-26-19-7-3-6-18(22(24)28)21(19)17-9-8-15(23)11-20(17)26/h2-11H,12H2,1H3,(H2,24,28)(H,25,27). The first-order valence-corrected chi connectivity index (χ1v) is 8.81. The lowest BCUT2D eigenvalue weighted by molar-refractivity contribution is -0.114. The van der Waals surface area contributed by atoms with Crippen molar-refractivity contribution in [1.29, 1.82) is 0 Å². The molecule has 0 atom stereocenters. The van der Waals surface area contributed by atoms with Gasteiger partial charge < -0.3 is 15.6 Å². The molecule has 5 nitrogen and oxygen atoms in total. The van der Waals surface area contributed by atoms with E-state index in [1.165, 1.54) is 19.1 Å². The maximum absolute atomic E-state index is 14.0. The van der Waals surface area contributed by atoms with Crippen LogP contribution in [0.4, 0.5) is 10.1 Å². The van der Waals surface area contributed by atoms with Crippen LogP contribution in [0, 0.1) is 5.82 Å². The highest BCUT2D eigenvalue weighted by molar-refractivity contribution is 6.17. The minimum Gasteiger partial charge on any atom is -0.366 e.